The van der Waals surface area contributed by atoms with Crippen LogP contribution in [0.3, 0.4) is 0 Å². The predicted octanol–water partition coefficient (Wildman–Crippen LogP) is 2.96. The van der Waals surface area contributed by atoms with Gasteiger partial charge in [-0.1, -0.05) is 6.07 Å². The third kappa shape index (κ3) is 5.08. The van der Waals surface area contributed by atoms with Gasteiger partial charge in [0.25, 0.3) is 10.0 Å². The molecule has 0 aliphatic heterocycles. The lowest BCUT2D eigenvalue weighted by atomic mass is 10.2. The smallest absolute Gasteiger partial charge is 0.354 e. The summed E-state index contributed by atoms with van der Waals surface area (Å²) in [6.07, 6.45) is 2.07. The van der Waals surface area contributed by atoms with Gasteiger partial charge in [-0.2, -0.15) is 8.42 Å². The Labute approximate surface area is 174 Å². The summed E-state index contributed by atoms with van der Waals surface area (Å²) in [5.41, 5.74) is 0.874. The van der Waals surface area contributed by atoms with Crippen LogP contribution in [-0.4, -0.2) is 51.3 Å². The van der Waals surface area contributed by atoms with E-state index in [2.05, 4.69) is 14.7 Å². The van der Waals surface area contributed by atoms with Crippen molar-refractivity contribution in [1.82, 2.24) is 9.97 Å². The van der Waals surface area contributed by atoms with Crippen LogP contribution in [0, 0.1) is 0 Å². The number of aromatic nitrogens is 2. The summed E-state index contributed by atoms with van der Waals surface area (Å²) in [5.74, 6) is -0.0819. The summed E-state index contributed by atoms with van der Waals surface area (Å²) in [7, 11) is -2.34. The number of carbonyl (C=O) groups excluding carboxylic acids is 1. The van der Waals surface area contributed by atoms with E-state index in [0.29, 0.717) is 36.3 Å². The van der Waals surface area contributed by atoms with Gasteiger partial charge in [-0.15, -0.1) is 0 Å². The average Bonchev–Trinajstić information content (AvgIpc) is 3.17. The number of hydrogen-bond acceptors (Lipinski definition) is 7. The molecule has 0 unspecified atom stereocenters. The molecular formula is C20H23N3O6S. The number of nitrogens with one attached hydrogen (secondary N) is 2. The van der Waals surface area contributed by atoms with Crippen LogP contribution in [0.25, 0.3) is 10.9 Å². The molecule has 0 atom stereocenters. The predicted molar refractivity (Wildman–Crippen MR) is 111 cm³/mol. The molecule has 3 rings (SSSR count). The van der Waals surface area contributed by atoms with Gasteiger partial charge in [0.2, 0.25) is 0 Å². The Morgan fingerprint density at radius 2 is 2.03 bits per heavy atom. The van der Waals surface area contributed by atoms with Crippen molar-refractivity contribution in [3.63, 3.8) is 0 Å². The van der Waals surface area contributed by atoms with Crippen LogP contribution in [-0.2, 0) is 19.5 Å². The second-order valence-electron chi connectivity index (χ2n) is 6.31. The van der Waals surface area contributed by atoms with Gasteiger partial charge >= 0.3 is 5.97 Å². The minimum Gasteiger partial charge on any atom is -0.493 e. The monoisotopic (exact) mass is 433 g/mol. The average molecular weight is 433 g/mol. The summed E-state index contributed by atoms with van der Waals surface area (Å²) in [5, 5.41) is 0.475. The number of anilines is 1. The van der Waals surface area contributed by atoms with Crippen molar-refractivity contribution in [1.29, 1.82) is 0 Å². The highest BCUT2D eigenvalue weighted by molar-refractivity contribution is 7.92. The fourth-order valence-electron chi connectivity index (χ4n) is 2.80. The fourth-order valence-corrected chi connectivity index (χ4v) is 3.81. The van der Waals surface area contributed by atoms with E-state index in [1.165, 1.54) is 12.3 Å². The number of H-pyrrole nitrogens is 1. The maximum absolute atomic E-state index is 12.8. The number of methoxy groups -OCH3 is 1. The van der Waals surface area contributed by atoms with E-state index in [1.54, 1.807) is 44.4 Å². The Morgan fingerprint density at radius 3 is 2.73 bits per heavy atom. The lowest BCUT2D eigenvalue weighted by molar-refractivity contribution is 0.0520. The molecule has 2 heterocycles. The summed E-state index contributed by atoms with van der Waals surface area (Å²) < 4.78 is 43.8. The molecule has 10 heteroatoms. The molecule has 9 nitrogen and oxygen atoms in total. The Kier molecular flexibility index (Phi) is 6.91. The molecule has 0 aliphatic rings. The molecule has 0 radical (unpaired) electrons. The van der Waals surface area contributed by atoms with Crippen molar-refractivity contribution in [3.8, 4) is 5.75 Å². The van der Waals surface area contributed by atoms with Crippen molar-refractivity contribution in [2.45, 2.75) is 18.4 Å². The lowest BCUT2D eigenvalue weighted by Gasteiger charge is -2.12. The minimum atomic E-state index is -3.94. The second-order valence-corrected chi connectivity index (χ2v) is 7.94. The number of pyridine rings is 1. The molecule has 3 aromatic rings. The first kappa shape index (κ1) is 21.6. The molecule has 1 aromatic carbocycles. The number of hydrogen-bond donors (Lipinski definition) is 2. The number of esters is 1. The van der Waals surface area contributed by atoms with Gasteiger partial charge in [0.15, 0.2) is 5.03 Å². The molecule has 2 aromatic heterocycles. The first-order chi connectivity index (χ1) is 14.4. The van der Waals surface area contributed by atoms with E-state index in [0.717, 1.165) is 0 Å². The minimum absolute atomic E-state index is 0.123. The molecule has 0 saturated carbocycles. The quantitative estimate of drug-likeness (QED) is 0.373. The van der Waals surface area contributed by atoms with E-state index in [9.17, 15) is 13.2 Å². The van der Waals surface area contributed by atoms with Gasteiger partial charge < -0.3 is 19.2 Å². The number of rotatable bonds is 10. The number of sulfonamides is 1. The topological polar surface area (TPSA) is 120 Å². The Bertz CT molecular complexity index is 1110. The first-order valence-electron chi connectivity index (χ1n) is 9.34. The molecule has 0 fully saturated rings. The normalized spacial score (nSPS) is 11.4. The largest absolute Gasteiger partial charge is 0.493 e. The summed E-state index contributed by atoms with van der Waals surface area (Å²) in [6, 6.07) is 9.47. The first-order valence-corrected chi connectivity index (χ1v) is 10.8. The van der Waals surface area contributed by atoms with Gasteiger partial charge in [-0.25, -0.2) is 9.78 Å². The van der Waals surface area contributed by atoms with Crippen LogP contribution in [0.5, 0.6) is 5.75 Å². The third-order valence-electron chi connectivity index (χ3n) is 4.12. The van der Waals surface area contributed by atoms with Crippen molar-refractivity contribution >= 4 is 32.6 Å². The molecule has 0 aliphatic carbocycles. The van der Waals surface area contributed by atoms with E-state index in [4.69, 9.17) is 14.2 Å². The van der Waals surface area contributed by atoms with E-state index >= 15 is 0 Å². The fraction of sp³-hybridized carbons (Fsp3) is 0.300. The maximum atomic E-state index is 12.8. The number of benzene rings is 1. The van der Waals surface area contributed by atoms with Crippen molar-refractivity contribution in [3.05, 3.63) is 48.3 Å². The van der Waals surface area contributed by atoms with E-state index < -0.39 is 16.0 Å². The van der Waals surface area contributed by atoms with Crippen LogP contribution < -0.4 is 9.46 Å². The number of carbonyl (C=O) groups is 1. The molecule has 0 saturated heterocycles. The van der Waals surface area contributed by atoms with Gasteiger partial charge in [0.1, 0.15) is 11.4 Å². The molecule has 160 valence electrons. The van der Waals surface area contributed by atoms with Crippen LogP contribution in [0.15, 0.2) is 47.6 Å². The van der Waals surface area contributed by atoms with Crippen LogP contribution >= 0.6 is 0 Å². The van der Waals surface area contributed by atoms with Crippen molar-refractivity contribution < 1.29 is 27.4 Å². The standard InChI is InChI=1S/C20H23N3O6S/c1-3-28-20(24)17-12-14-11-15(29-10-6-9-27-2)13-16(19(14)22-17)23-30(25,26)18-7-4-5-8-21-18/h4-5,7-8,11-13,22-23H,3,6,9-10H2,1-2H3. The molecular weight excluding hydrogens is 410 g/mol. The highest BCUT2D eigenvalue weighted by Crippen LogP contribution is 2.31. The SMILES string of the molecule is CCOC(=O)c1cc2cc(OCCCOC)cc(NS(=O)(=O)c3ccccn3)c2[nH]1. The van der Waals surface area contributed by atoms with Crippen molar-refractivity contribution in [2.75, 3.05) is 31.7 Å². The maximum Gasteiger partial charge on any atom is 0.354 e. The Hall–Kier alpha value is -3.11. The number of fused-ring (bicyclic) bond motifs is 1. The molecule has 0 amide bonds. The number of nitrogens with zero attached hydrogens (tertiary/aromatic N) is 1. The van der Waals surface area contributed by atoms with Crippen LogP contribution in [0.2, 0.25) is 0 Å². The molecule has 0 spiro atoms. The molecule has 2 N–H and O–H groups in total. The summed E-state index contributed by atoms with van der Waals surface area (Å²) in [6.45, 7) is 2.86. The van der Waals surface area contributed by atoms with Crippen LogP contribution in [0.1, 0.15) is 23.8 Å². The zero-order valence-corrected chi connectivity index (χ0v) is 17.5. The Morgan fingerprint density at radius 1 is 1.20 bits per heavy atom. The van der Waals surface area contributed by atoms with Gasteiger partial charge in [-0.3, -0.25) is 4.72 Å². The van der Waals surface area contributed by atoms with Gasteiger partial charge in [0.05, 0.1) is 24.4 Å². The zero-order chi connectivity index (χ0) is 21.6. The summed E-state index contributed by atoms with van der Waals surface area (Å²) in [4.78, 5) is 18.9. The number of ether oxygens (including phenoxy) is 3. The zero-order valence-electron chi connectivity index (χ0n) is 16.7. The third-order valence-corrected chi connectivity index (χ3v) is 5.40. The van der Waals surface area contributed by atoms with E-state index in [-0.39, 0.29) is 23.0 Å². The Balaban J connectivity index is 1.99. The van der Waals surface area contributed by atoms with Gasteiger partial charge in [0, 0.05) is 37.8 Å². The highest BCUT2D eigenvalue weighted by Gasteiger charge is 2.20. The molecule has 0 bridgehead atoms. The van der Waals surface area contributed by atoms with Crippen LogP contribution in [0.4, 0.5) is 5.69 Å². The molecule has 30 heavy (non-hydrogen) atoms. The lowest BCUT2D eigenvalue weighted by Crippen LogP contribution is -2.14. The highest BCUT2D eigenvalue weighted by atomic mass is 32.2. The number of aromatic amines is 1. The second kappa shape index (κ2) is 9.59. The van der Waals surface area contributed by atoms with Gasteiger partial charge in [-0.05, 0) is 31.2 Å². The van der Waals surface area contributed by atoms with E-state index in [1.807, 2.05) is 0 Å². The van der Waals surface area contributed by atoms with Crippen molar-refractivity contribution in [2.24, 2.45) is 0 Å². The summed E-state index contributed by atoms with van der Waals surface area (Å²) >= 11 is 0.